The molecule has 1 atom stereocenters. The van der Waals surface area contributed by atoms with E-state index >= 15 is 0 Å². The Labute approximate surface area is 169 Å². The molecule has 1 N–H and O–H groups in total. The van der Waals surface area contributed by atoms with Crippen molar-refractivity contribution in [2.75, 3.05) is 23.3 Å². The molecule has 0 aliphatic carbocycles. The minimum absolute atomic E-state index is 0.0389. The monoisotopic (exact) mass is 394 g/mol. The predicted molar refractivity (Wildman–Crippen MR) is 116 cm³/mol. The summed E-state index contributed by atoms with van der Waals surface area (Å²) < 4.78 is 0. The Balaban J connectivity index is 1.54. The molecule has 1 aliphatic heterocycles. The molecule has 1 unspecified atom stereocenters. The van der Waals surface area contributed by atoms with E-state index in [1.165, 1.54) is 4.88 Å². The maximum absolute atomic E-state index is 13.0. The van der Waals surface area contributed by atoms with Gasteiger partial charge in [-0.15, -0.1) is 11.3 Å². The van der Waals surface area contributed by atoms with E-state index in [1.807, 2.05) is 19.9 Å². The molecule has 5 nitrogen and oxygen atoms in total. The maximum Gasteiger partial charge on any atom is 0.229 e. The smallest absolute Gasteiger partial charge is 0.229 e. The van der Waals surface area contributed by atoms with Crippen LogP contribution in [-0.2, 0) is 11.2 Å². The lowest BCUT2D eigenvalue weighted by molar-refractivity contribution is -0.120. The van der Waals surface area contributed by atoms with Crippen molar-refractivity contribution in [3.05, 3.63) is 46.6 Å². The van der Waals surface area contributed by atoms with Gasteiger partial charge in [-0.05, 0) is 56.4 Å². The number of rotatable bonds is 4. The van der Waals surface area contributed by atoms with Gasteiger partial charge in [0.15, 0.2) is 0 Å². The van der Waals surface area contributed by atoms with Crippen LogP contribution in [0.15, 0.2) is 30.6 Å². The zero-order valence-electron chi connectivity index (χ0n) is 16.7. The minimum atomic E-state index is -0.0389. The lowest BCUT2D eigenvalue weighted by Crippen LogP contribution is -2.41. The average Bonchev–Trinajstić information content (AvgIpc) is 3.14. The summed E-state index contributed by atoms with van der Waals surface area (Å²) in [5.74, 6) is 1.02. The van der Waals surface area contributed by atoms with Crippen LogP contribution in [0.4, 0.5) is 11.5 Å². The fourth-order valence-corrected chi connectivity index (χ4v) is 4.74. The van der Waals surface area contributed by atoms with Gasteiger partial charge in [0.25, 0.3) is 0 Å². The molecule has 1 amide bonds. The highest BCUT2D eigenvalue weighted by Gasteiger charge is 2.28. The number of amides is 1. The summed E-state index contributed by atoms with van der Waals surface area (Å²) in [4.78, 5) is 26.6. The van der Waals surface area contributed by atoms with Crippen LogP contribution in [0, 0.1) is 19.8 Å². The molecule has 4 rings (SSSR count). The minimum Gasteiger partial charge on any atom is -0.355 e. The molecule has 3 heterocycles. The molecule has 0 radical (unpaired) electrons. The maximum atomic E-state index is 13.0. The predicted octanol–water partition coefficient (Wildman–Crippen LogP) is 4.73. The van der Waals surface area contributed by atoms with Gasteiger partial charge in [0.1, 0.15) is 17.0 Å². The van der Waals surface area contributed by atoms with Crippen molar-refractivity contribution in [2.45, 2.75) is 40.0 Å². The van der Waals surface area contributed by atoms with Gasteiger partial charge >= 0.3 is 0 Å². The van der Waals surface area contributed by atoms with E-state index in [0.29, 0.717) is 6.54 Å². The Kier molecular flexibility index (Phi) is 5.31. The van der Waals surface area contributed by atoms with E-state index in [-0.39, 0.29) is 11.8 Å². The van der Waals surface area contributed by atoms with E-state index in [4.69, 9.17) is 0 Å². The number of aromatic nitrogens is 2. The van der Waals surface area contributed by atoms with Gasteiger partial charge in [0.05, 0.1) is 11.3 Å². The van der Waals surface area contributed by atoms with E-state index in [0.717, 1.165) is 58.7 Å². The lowest BCUT2D eigenvalue weighted by atomic mass is 9.96. The summed E-state index contributed by atoms with van der Waals surface area (Å²) >= 11 is 1.73. The van der Waals surface area contributed by atoms with Crippen molar-refractivity contribution < 1.29 is 4.79 Å². The molecule has 1 aliphatic rings. The molecular formula is C22H26N4OS. The Morgan fingerprint density at radius 2 is 2.14 bits per heavy atom. The third-order valence-corrected chi connectivity index (χ3v) is 6.64. The first-order valence-corrected chi connectivity index (χ1v) is 10.7. The fourth-order valence-electron chi connectivity index (χ4n) is 3.81. The van der Waals surface area contributed by atoms with Crippen molar-refractivity contribution in [3.8, 4) is 0 Å². The zero-order chi connectivity index (χ0) is 19.7. The third kappa shape index (κ3) is 3.74. The molecule has 1 saturated heterocycles. The molecule has 6 heteroatoms. The van der Waals surface area contributed by atoms with Gasteiger partial charge < -0.3 is 10.2 Å². The molecule has 1 aromatic carbocycles. The first kappa shape index (κ1) is 18.9. The van der Waals surface area contributed by atoms with Crippen molar-refractivity contribution in [1.82, 2.24) is 9.97 Å². The second kappa shape index (κ2) is 7.87. The molecule has 28 heavy (non-hydrogen) atoms. The van der Waals surface area contributed by atoms with Gasteiger partial charge in [0.2, 0.25) is 5.91 Å². The van der Waals surface area contributed by atoms with Gasteiger partial charge in [-0.3, -0.25) is 4.79 Å². The zero-order valence-corrected chi connectivity index (χ0v) is 17.5. The molecule has 3 aromatic rings. The number of nitrogens with one attached hydrogen (secondary N) is 1. The van der Waals surface area contributed by atoms with Gasteiger partial charge in [-0.1, -0.05) is 19.1 Å². The van der Waals surface area contributed by atoms with Crippen LogP contribution in [0.5, 0.6) is 0 Å². The van der Waals surface area contributed by atoms with Crippen molar-refractivity contribution in [3.63, 3.8) is 0 Å². The highest BCUT2D eigenvalue weighted by molar-refractivity contribution is 7.18. The number of hydrogen-bond donors (Lipinski definition) is 1. The Bertz CT molecular complexity index is 1010. The summed E-state index contributed by atoms with van der Waals surface area (Å²) in [6, 6.07) is 8.37. The number of thiophene rings is 1. The summed E-state index contributed by atoms with van der Waals surface area (Å²) in [6.07, 6.45) is 4.54. The van der Waals surface area contributed by atoms with Gasteiger partial charge in [0, 0.05) is 23.7 Å². The summed E-state index contributed by atoms with van der Waals surface area (Å²) in [7, 11) is 0. The second-order valence-electron chi connectivity index (χ2n) is 7.58. The Morgan fingerprint density at radius 3 is 2.96 bits per heavy atom. The number of anilines is 2. The standard InChI is InChI=1S/C22H26N4OS/c1-4-17-11-18-20(23-13-24-22(18)28-17)26-9-5-6-16(12-26)21(27)25-19-10-14(2)7-8-15(19)3/h7-8,10-11,13,16H,4-6,9,12H2,1-3H3,(H,25,27). The average molecular weight is 395 g/mol. The number of benzene rings is 1. The molecule has 0 bridgehead atoms. The number of hydrogen-bond acceptors (Lipinski definition) is 5. The van der Waals surface area contributed by atoms with Crippen LogP contribution in [0.3, 0.4) is 0 Å². The van der Waals surface area contributed by atoms with Crippen LogP contribution < -0.4 is 10.2 Å². The van der Waals surface area contributed by atoms with Gasteiger partial charge in [-0.2, -0.15) is 0 Å². The number of carbonyl (C=O) groups excluding carboxylic acids is 1. The van der Waals surface area contributed by atoms with Gasteiger partial charge in [-0.25, -0.2) is 9.97 Å². The summed E-state index contributed by atoms with van der Waals surface area (Å²) in [5.41, 5.74) is 3.16. The molecule has 0 saturated carbocycles. The van der Waals surface area contributed by atoms with Crippen LogP contribution in [0.1, 0.15) is 35.8 Å². The number of carbonyl (C=O) groups is 1. The highest BCUT2D eigenvalue weighted by Crippen LogP contribution is 2.33. The fraction of sp³-hybridized carbons (Fsp3) is 0.409. The Hall–Kier alpha value is -2.47. The summed E-state index contributed by atoms with van der Waals surface area (Å²) in [6.45, 7) is 7.86. The molecule has 146 valence electrons. The van der Waals surface area contributed by atoms with E-state index < -0.39 is 0 Å². The van der Waals surface area contributed by atoms with Crippen molar-refractivity contribution >= 4 is 39.0 Å². The normalized spacial score (nSPS) is 17.1. The van der Waals surface area contributed by atoms with E-state index in [1.54, 1.807) is 17.7 Å². The molecule has 0 spiro atoms. The van der Waals surface area contributed by atoms with Crippen LogP contribution in [0.25, 0.3) is 10.2 Å². The van der Waals surface area contributed by atoms with Crippen LogP contribution in [0.2, 0.25) is 0 Å². The van der Waals surface area contributed by atoms with E-state index in [2.05, 4.69) is 45.3 Å². The molecule has 1 fully saturated rings. The summed E-state index contributed by atoms with van der Waals surface area (Å²) in [5, 5.41) is 4.26. The number of aryl methyl sites for hydroxylation is 3. The van der Waals surface area contributed by atoms with Crippen molar-refractivity contribution in [2.24, 2.45) is 5.92 Å². The van der Waals surface area contributed by atoms with Crippen molar-refractivity contribution in [1.29, 1.82) is 0 Å². The lowest BCUT2D eigenvalue weighted by Gasteiger charge is -2.33. The van der Waals surface area contributed by atoms with Crippen LogP contribution >= 0.6 is 11.3 Å². The first-order valence-electron chi connectivity index (χ1n) is 9.91. The quantitative estimate of drug-likeness (QED) is 0.695. The topological polar surface area (TPSA) is 58.1 Å². The van der Waals surface area contributed by atoms with E-state index in [9.17, 15) is 4.79 Å². The first-order chi connectivity index (χ1) is 13.5. The second-order valence-corrected chi connectivity index (χ2v) is 8.69. The highest BCUT2D eigenvalue weighted by atomic mass is 32.1. The third-order valence-electron chi connectivity index (χ3n) is 5.45. The Morgan fingerprint density at radius 1 is 1.29 bits per heavy atom. The molecular weight excluding hydrogens is 368 g/mol. The number of piperidine rings is 1. The number of fused-ring (bicyclic) bond motifs is 1. The number of nitrogens with zero attached hydrogens (tertiary/aromatic N) is 3. The van der Waals surface area contributed by atoms with Crippen LogP contribution in [-0.4, -0.2) is 29.0 Å². The molecule has 2 aromatic heterocycles. The largest absolute Gasteiger partial charge is 0.355 e. The SMILES string of the molecule is CCc1cc2c(N3CCCC(C(=O)Nc4cc(C)ccc4C)C3)ncnc2s1.